The molecular weight excluding hydrogens is 621 g/mol. The average Bonchev–Trinajstić information content (AvgIpc) is 3.09. The number of anilines is 4. The van der Waals surface area contributed by atoms with Crippen LogP contribution in [0, 0.1) is 19.7 Å². The standard InChI is InChI=1S/C38H48FN7O3/c1-7-45(8-2)18-10-13-28-14-17-33(34(23-28)48-6)49-37-30(36(47)42-35-26(3)11-9-12-27(35)4)25-40-38(43-37)41-29-15-16-32(31(39)24-29)46-21-19-44(5)20-22-46/h9,11-12,14-17,23-25H,7-8,10,13,18-22H2,1-6H3,(H,42,47)(H,40,41,43). The van der Waals surface area contributed by atoms with Crippen molar-refractivity contribution in [3.8, 4) is 17.4 Å². The third-order valence-electron chi connectivity index (χ3n) is 9.03. The first kappa shape index (κ1) is 35.6. The Hall–Kier alpha value is -4.74. The van der Waals surface area contributed by atoms with E-state index in [1.54, 1.807) is 19.2 Å². The number of amides is 1. The zero-order chi connectivity index (χ0) is 34.9. The molecule has 2 N–H and O–H groups in total. The molecule has 0 atom stereocenters. The Labute approximate surface area is 289 Å². The Morgan fingerprint density at radius 2 is 1.71 bits per heavy atom. The van der Waals surface area contributed by atoms with Crippen molar-refractivity contribution in [3.63, 3.8) is 0 Å². The molecule has 49 heavy (non-hydrogen) atoms. The van der Waals surface area contributed by atoms with Crippen molar-refractivity contribution < 1.29 is 18.7 Å². The van der Waals surface area contributed by atoms with Crippen LogP contribution in [0.25, 0.3) is 0 Å². The van der Waals surface area contributed by atoms with E-state index in [1.165, 1.54) is 12.3 Å². The molecule has 1 fully saturated rings. The van der Waals surface area contributed by atoms with Crippen molar-refractivity contribution in [3.05, 3.63) is 88.9 Å². The second kappa shape index (κ2) is 16.6. The number of nitrogens with one attached hydrogen (secondary N) is 2. The van der Waals surface area contributed by atoms with Crippen molar-refractivity contribution >= 4 is 28.9 Å². The number of aryl methyl sites for hydroxylation is 3. The lowest BCUT2D eigenvalue weighted by Gasteiger charge is -2.34. The molecule has 1 amide bonds. The fraction of sp³-hybridized carbons (Fsp3) is 0.395. The minimum absolute atomic E-state index is 0.0309. The Kier molecular flexibility index (Phi) is 12.0. The number of rotatable bonds is 14. The minimum Gasteiger partial charge on any atom is -0.493 e. The number of hydrogen-bond donors (Lipinski definition) is 2. The molecular formula is C38H48FN7O3. The topological polar surface area (TPSA) is 95.1 Å². The normalized spacial score (nSPS) is 13.4. The van der Waals surface area contributed by atoms with Crippen molar-refractivity contribution in [2.75, 3.05) is 75.5 Å². The van der Waals surface area contributed by atoms with Gasteiger partial charge in [0.25, 0.3) is 5.91 Å². The third kappa shape index (κ3) is 9.04. The molecule has 4 aromatic rings. The Bertz CT molecular complexity index is 1720. The van der Waals surface area contributed by atoms with Gasteiger partial charge >= 0.3 is 0 Å². The number of para-hydroxylation sites is 1. The number of methoxy groups -OCH3 is 1. The van der Waals surface area contributed by atoms with Gasteiger partial charge in [0.05, 0.1) is 12.8 Å². The SMILES string of the molecule is CCN(CC)CCCc1ccc(Oc2nc(Nc3ccc(N4CCN(C)CC4)c(F)c3)ncc2C(=O)Nc2c(C)cccc2C)c(OC)c1. The second-order valence-corrected chi connectivity index (χ2v) is 12.4. The lowest BCUT2D eigenvalue weighted by Crippen LogP contribution is -2.44. The van der Waals surface area contributed by atoms with Gasteiger partial charge in [-0.15, -0.1) is 0 Å². The van der Waals surface area contributed by atoms with Gasteiger partial charge in [0.15, 0.2) is 11.5 Å². The van der Waals surface area contributed by atoms with Gasteiger partial charge in [0, 0.05) is 43.8 Å². The van der Waals surface area contributed by atoms with Crippen molar-refractivity contribution in [2.45, 2.75) is 40.5 Å². The maximum Gasteiger partial charge on any atom is 0.262 e. The zero-order valence-electron chi connectivity index (χ0n) is 29.5. The van der Waals surface area contributed by atoms with E-state index in [1.807, 2.05) is 50.2 Å². The van der Waals surface area contributed by atoms with Gasteiger partial charge in [-0.2, -0.15) is 4.98 Å². The van der Waals surface area contributed by atoms with Gasteiger partial charge in [0.2, 0.25) is 11.8 Å². The number of ether oxygens (including phenoxy) is 2. The highest BCUT2D eigenvalue weighted by molar-refractivity contribution is 6.06. The number of likely N-dealkylation sites (N-methyl/N-ethyl adjacent to an activating group) is 1. The minimum atomic E-state index is -0.423. The molecule has 11 heteroatoms. The van der Waals surface area contributed by atoms with Crippen LogP contribution < -0.4 is 25.0 Å². The van der Waals surface area contributed by atoms with Gasteiger partial charge in [-0.1, -0.05) is 38.1 Å². The summed E-state index contributed by atoms with van der Waals surface area (Å²) in [5, 5.41) is 6.09. The van der Waals surface area contributed by atoms with Crippen LogP contribution in [0.4, 0.5) is 27.4 Å². The molecule has 0 bridgehead atoms. The quantitative estimate of drug-likeness (QED) is 0.146. The van der Waals surface area contributed by atoms with Crippen LogP contribution in [0.1, 0.15) is 47.3 Å². The monoisotopic (exact) mass is 669 g/mol. The Morgan fingerprint density at radius 3 is 2.39 bits per heavy atom. The smallest absolute Gasteiger partial charge is 0.262 e. The van der Waals surface area contributed by atoms with Crippen LogP contribution in [0.5, 0.6) is 17.4 Å². The van der Waals surface area contributed by atoms with E-state index in [-0.39, 0.29) is 23.2 Å². The molecule has 0 spiro atoms. The molecule has 0 radical (unpaired) electrons. The number of nitrogens with zero attached hydrogens (tertiary/aromatic N) is 5. The average molecular weight is 670 g/mol. The maximum absolute atomic E-state index is 15.3. The van der Waals surface area contributed by atoms with Gasteiger partial charge in [-0.25, -0.2) is 9.37 Å². The molecule has 1 aromatic heterocycles. The number of carbonyl (C=O) groups excluding carboxylic acids is 1. The maximum atomic E-state index is 15.3. The molecule has 0 unspecified atom stereocenters. The fourth-order valence-electron chi connectivity index (χ4n) is 5.97. The number of aromatic nitrogens is 2. The van der Waals surface area contributed by atoms with Crippen LogP contribution in [-0.2, 0) is 6.42 Å². The number of halogens is 1. The van der Waals surface area contributed by atoms with Gasteiger partial charge < -0.3 is 34.8 Å². The molecule has 1 aliphatic heterocycles. The third-order valence-corrected chi connectivity index (χ3v) is 9.03. The van der Waals surface area contributed by atoms with Gasteiger partial charge in [-0.3, -0.25) is 4.79 Å². The van der Waals surface area contributed by atoms with E-state index in [0.717, 1.165) is 75.3 Å². The van der Waals surface area contributed by atoms with Gasteiger partial charge in [-0.05, 0) is 100 Å². The van der Waals surface area contributed by atoms with Crippen LogP contribution in [-0.4, -0.2) is 85.6 Å². The summed E-state index contributed by atoms with van der Waals surface area (Å²) in [6, 6.07) is 16.6. The van der Waals surface area contributed by atoms with Crippen LogP contribution in [0.3, 0.4) is 0 Å². The second-order valence-electron chi connectivity index (χ2n) is 12.4. The number of piperazine rings is 1. The first-order valence-corrected chi connectivity index (χ1v) is 17.0. The molecule has 2 heterocycles. The van der Waals surface area contributed by atoms with E-state index < -0.39 is 5.91 Å². The highest BCUT2D eigenvalue weighted by Crippen LogP contribution is 2.35. The molecule has 0 aliphatic carbocycles. The molecule has 1 saturated heterocycles. The number of carbonyl (C=O) groups is 1. The summed E-state index contributed by atoms with van der Waals surface area (Å²) < 4.78 is 27.3. The highest BCUT2D eigenvalue weighted by atomic mass is 19.1. The summed E-state index contributed by atoms with van der Waals surface area (Å²) in [5.41, 5.74) is 4.85. The first-order chi connectivity index (χ1) is 23.7. The van der Waals surface area contributed by atoms with Crippen LogP contribution in [0.15, 0.2) is 60.8 Å². The summed E-state index contributed by atoms with van der Waals surface area (Å²) in [6.45, 7) is 14.6. The summed E-state index contributed by atoms with van der Waals surface area (Å²) in [6.07, 6.45) is 3.32. The summed E-state index contributed by atoms with van der Waals surface area (Å²) in [7, 11) is 3.65. The van der Waals surface area contributed by atoms with E-state index in [2.05, 4.69) is 56.2 Å². The van der Waals surface area contributed by atoms with Crippen molar-refractivity contribution in [1.82, 2.24) is 19.8 Å². The zero-order valence-corrected chi connectivity index (χ0v) is 29.5. The summed E-state index contributed by atoms with van der Waals surface area (Å²) in [5.74, 6) is 0.353. The molecule has 3 aromatic carbocycles. The van der Waals surface area contributed by atoms with E-state index in [0.29, 0.717) is 28.6 Å². The molecule has 5 rings (SSSR count). The lowest BCUT2D eigenvalue weighted by molar-refractivity contribution is 0.102. The number of benzene rings is 3. The molecule has 10 nitrogen and oxygen atoms in total. The largest absolute Gasteiger partial charge is 0.493 e. The predicted molar refractivity (Wildman–Crippen MR) is 194 cm³/mol. The van der Waals surface area contributed by atoms with E-state index in [9.17, 15) is 4.79 Å². The molecule has 0 saturated carbocycles. The Morgan fingerprint density at radius 1 is 0.980 bits per heavy atom. The van der Waals surface area contributed by atoms with Crippen molar-refractivity contribution in [2.24, 2.45) is 0 Å². The van der Waals surface area contributed by atoms with E-state index >= 15 is 4.39 Å². The van der Waals surface area contributed by atoms with Crippen LogP contribution in [0.2, 0.25) is 0 Å². The summed E-state index contributed by atoms with van der Waals surface area (Å²) in [4.78, 5) is 29.4. The van der Waals surface area contributed by atoms with Crippen molar-refractivity contribution in [1.29, 1.82) is 0 Å². The molecule has 1 aliphatic rings. The fourth-order valence-corrected chi connectivity index (χ4v) is 5.97. The van der Waals surface area contributed by atoms with Crippen LogP contribution >= 0.6 is 0 Å². The molecule has 260 valence electrons. The van der Waals surface area contributed by atoms with E-state index in [4.69, 9.17) is 9.47 Å². The summed E-state index contributed by atoms with van der Waals surface area (Å²) >= 11 is 0. The Balaban J connectivity index is 1.41. The first-order valence-electron chi connectivity index (χ1n) is 17.0. The lowest BCUT2D eigenvalue weighted by atomic mass is 10.1. The number of hydrogen-bond acceptors (Lipinski definition) is 9. The van der Waals surface area contributed by atoms with Gasteiger partial charge in [0.1, 0.15) is 11.4 Å². The highest BCUT2D eigenvalue weighted by Gasteiger charge is 2.22. The predicted octanol–water partition coefficient (Wildman–Crippen LogP) is 7.06.